The number of carboxylic acid groups (broad SMARTS) is 1. The lowest BCUT2D eigenvalue weighted by Crippen LogP contribution is -2.38. The van der Waals surface area contributed by atoms with Crippen molar-refractivity contribution in [2.75, 3.05) is 13.1 Å². The molecular weight excluding hydrogens is 280 g/mol. The Hall–Kier alpha value is -1.45. The van der Waals surface area contributed by atoms with E-state index in [0.717, 1.165) is 15.6 Å². The summed E-state index contributed by atoms with van der Waals surface area (Å²) in [6.07, 6.45) is 0. The predicted molar refractivity (Wildman–Crippen MR) is 64.9 cm³/mol. The lowest BCUT2D eigenvalue weighted by Gasteiger charge is -2.18. The summed E-state index contributed by atoms with van der Waals surface area (Å²) in [5, 5.41) is 10.3. The first-order chi connectivity index (χ1) is 8.30. The maximum atomic E-state index is 12.1. The zero-order valence-corrected chi connectivity index (χ0v) is 11.1. The number of aromatic carboxylic acids is 1. The van der Waals surface area contributed by atoms with Crippen LogP contribution in [0.15, 0.2) is 16.3 Å². The van der Waals surface area contributed by atoms with Crippen LogP contribution in [0.25, 0.3) is 0 Å². The lowest BCUT2D eigenvalue weighted by molar-refractivity contribution is -0.118. The Bertz CT molecular complexity index is 563. The van der Waals surface area contributed by atoms with E-state index >= 15 is 0 Å². The lowest BCUT2D eigenvalue weighted by atomic mass is 10.5. The number of hydrogen-bond donors (Lipinski definition) is 2. The van der Waals surface area contributed by atoms with Crippen molar-refractivity contribution in [1.29, 1.82) is 0 Å². The number of sulfonamides is 1. The molecular formula is C9H12N2O5S2. The van der Waals surface area contributed by atoms with E-state index in [1.165, 1.54) is 18.4 Å². The second kappa shape index (κ2) is 5.46. The molecule has 0 fully saturated rings. The van der Waals surface area contributed by atoms with E-state index in [4.69, 9.17) is 10.8 Å². The Morgan fingerprint density at radius 1 is 1.50 bits per heavy atom. The Balaban J connectivity index is 3.23. The second-order valence-corrected chi connectivity index (χ2v) is 6.14. The van der Waals surface area contributed by atoms with Crippen molar-refractivity contribution in [3.05, 3.63) is 16.3 Å². The second-order valence-electron chi connectivity index (χ2n) is 3.32. The summed E-state index contributed by atoms with van der Waals surface area (Å²) >= 11 is 0.810. The summed E-state index contributed by atoms with van der Waals surface area (Å²) in [6.45, 7) is 1.08. The molecule has 0 aliphatic rings. The van der Waals surface area contributed by atoms with Crippen molar-refractivity contribution < 1.29 is 23.1 Å². The fourth-order valence-electron chi connectivity index (χ4n) is 1.34. The molecule has 7 nitrogen and oxygen atoms in total. The van der Waals surface area contributed by atoms with Crippen LogP contribution in [0.3, 0.4) is 0 Å². The standard InChI is InChI=1S/C9H12N2O5S2/c1-2-11(5-7(10)12)18(15,16)6-3-4-17-8(6)9(13)14/h3-4H,2,5H2,1H3,(H2,10,12)(H,13,14). The van der Waals surface area contributed by atoms with E-state index in [9.17, 15) is 18.0 Å². The number of amides is 1. The number of carbonyl (C=O) groups excluding carboxylic acids is 1. The third-order valence-electron chi connectivity index (χ3n) is 2.13. The normalized spacial score (nSPS) is 11.7. The molecule has 1 aromatic heterocycles. The highest BCUT2D eigenvalue weighted by atomic mass is 32.2. The molecule has 1 rings (SSSR count). The number of primary amides is 1. The Labute approximate surface area is 108 Å². The molecule has 0 spiro atoms. The first kappa shape index (κ1) is 14.6. The molecule has 0 unspecified atom stereocenters. The predicted octanol–water partition coefficient (Wildman–Crippen LogP) is -0.0578. The first-order valence-corrected chi connectivity index (χ1v) is 7.22. The van der Waals surface area contributed by atoms with Gasteiger partial charge < -0.3 is 10.8 Å². The number of hydrogen-bond acceptors (Lipinski definition) is 5. The van der Waals surface area contributed by atoms with Crippen LogP contribution < -0.4 is 5.73 Å². The van der Waals surface area contributed by atoms with Crippen LogP contribution in [0.1, 0.15) is 16.6 Å². The van der Waals surface area contributed by atoms with E-state index in [1.807, 2.05) is 0 Å². The Morgan fingerprint density at radius 2 is 2.11 bits per heavy atom. The maximum absolute atomic E-state index is 12.1. The van der Waals surface area contributed by atoms with Gasteiger partial charge in [0.1, 0.15) is 9.77 Å². The van der Waals surface area contributed by atoms with Gasteiger partial charge in [-0.25, -0.2) is 13.2 Å². The van der Waals surface area contributed by atoms with E-state index in [-0.39, 0.29) is 16.3 Å². The average Bonchev–Trinajstić information content (AvgIpc) is 2.74. The van der Waals surface area contributed by atoms with Gasteiger partial charge in [-0.2, -0.15) is 4.31 Å². The highest BCUT2D eigenvalue weighted by Gasteiger charge is 2.29. The fraction of sp³-hybridized carbons (Fsp3) is 0.333. The Morgan fingerprint density at radius 3 is 2.56 bits per heavy atom. The van der Waals surface area contributed by atoms with Gasteiger partial charge in [-0.05, 0) is 11.4 Å². The molecule has 0 atom stereocenters. The van der Waals surface area contributed by atoms with Crippen LogP contribution >= 0.6 is 11.3 Å². The molecule has 9 heteroatoms. The van der Waals surface area contributed by atoms with Gasteiger partial charge in [-0.3, -0.25) is 4.79 Å². The van der Waals surface area contributed by atoms with Crippen molar-refractivity contribution in [3.8, 4) is 0 Å². The van der Waals surface area contributed by atoms with Gasteiger partial charge in [0, 0.05) is 6.54 Å². The van der Waals surface area contributed by atoms with Crippen molar-refractivity contribution in [3.63, 3.8) is 0 Å². The highest BCUT2D eigenvalue weighted by molar-refractivity contribution is 7.89. The van der Waals surface area contributed by atoms with Crippen LogP contribution in [0.4, 0.5) is 0 Å². The fourth-order valence-corrected chi connectivity index (χ4v) is 3.98. The minimum absolute atomic E-state index is 0.0280. The van der Waals surface area contributed by atoms with Gasteiger partial charge in [-0.15, -0.1) is 11.3 Å². The summed E-state index contributed by atoms with van der Waals surface area (Å²) in [4.78, 5) is 21.1. The maximum Gasteiger partial charge on any atom is 0.347 e. The van der Waals surface area contributed by atoms with Gasteiger partial charge in [-0.1, -0.05) is 6.92 Å². The van der Waals surface area contributed by atoms with E-state index < -0.39 is 28.4 Å². The smallest absolute Gasteiger partial charge is 0.347 e. The van der Waals surface area contributed by atoms with Gasteiger partial charge in [0.25, 0.3) is 0 Å². The monoisotopic (exact) mass is 292 g/mol. The SMILES string of the molecule is CCN(CC(N)=O)S(=O)(=O)c1ccsc1C(=O)O. The third-order valence-corrected chi connectivity index (χ3v) is 5.12. The van der Waals surface area contributed by atoms with Gasteiger partial charge >= 0.3 is 5.97 Å². The molecule has 1 aromatic rings. The van der Waals surface area contributed by atoms with E-state index in [2.05, 4.69) is 0 Å². The van der Waals surface area contributed by atoms with Crippen LogP contribution in [0.2, 0.25) is 0 Å². The first-order valence-electron chi connectivity index (χ1n) is 4.90. The minimum Gasteiger partial charge on any atom is -0.477 e. The van der Waals surface area contributed by atoms with Crippen molar-refractivity contribution in [1.82, 2.24) is 4.31 Å². The summed E-state index contributed by atoms with van der Waals surface area (Å²) in [6, 6.07) is 1.20. The molecule has 1 amide bonds. The number of carbonyl (C=O) groups is 2. The number of rotatable bonds is 6. The summed E-state index contributed by atoms with van der Waals surface area (Å²) in [5.41, 5.74) is 4.96. The van der Waals surface area contributed by atoms with Crippen LogP contribution in [0, 0.1) is 0 Å². The van der Waals surface area contributed by atoms with Crippen molar-refractivity contribution in [2.24, 2.45) is 5.73 Å². The zero-order valence-electron chi connectivity index (χ0n) is 9.49. The van der Waals surface area contributed by atoms with Gasteiger partial charge in [0.2, 0.25) is 15.9 Å². The molecule has 0 saturated carbocycles. The third kappa shape index (κ3) is 2.86. The summed E-state index contributed by atoms with van der Waals surface area (Å²) in [5.74, 6) is -2.12. The molecule has 0 aliphatic heterocycles. The summed E-state index contributed by atoms with van der Waals surface area (Å²) in [7, 11) is -4.02. The molecule has 3 N–H and O–H groups in total. The number of nitrogens with zero attached hydrogens (tertiary/aromatic N) is 1. The van der Waals surface area contributed by atoms with E-state index in [0.29, 0.717) is 0 Å². The quantitative estimate of drug-likeness (QED) is 0.761. The molecule has 0 aliphatic carbocycles. The topological polar surface area (TPSA) is 118 Å². The zero-order chi connectivity index (χ0) is 13.9. The molecule has 0 aromatic carbocycles. The highest BCUT2D eigenvalue weighted by Crippen LogP contribution is 2.24. The van der Waals surface area contributed by atoms with Gasteiger partial charge in [0.15, 0.2) is 0 Å². The number of nitrogens with two attached hydrogens (primary N) is 1. The molecule has 0 radical (unpaired) electrons. The number of carboxylic acids is 1. The molecule has 1 heterocycles. The minimum atomic E-state index is -4.02. The number of thiophene rings is 1. The Kier molecular flexibility index (Phi) is 4.43. The average molecular weight is 292 g/mol. The number of likely N-dealkylation sites (N-methyl/N-ethyl adjacent to an activating group) is 1. The van der Waals surface area contributed by atoms with Crippen LogP contribution in [-0.4, -0.2) is 42.8 Å². The van der Waals surface area contributed by atoms with Crippen LogP contribution in [-0.2, 0) is 14.8 Å². The van der Waals surface area contributed by atoms with Gasteiger partial charge in [0.05, 0.1) is 6.54 Å². The van der Waals surface area contributed by atoms with Crippen molar-refractivity contribution >= 4 is 33.2 Å². The largest absolute Gasteiger partial charge is 0.477 e. The molecule has 0 bridgehead atoms. The van der Waals surface area contributed by atoms with Crippen molar-refractivity contribution in [2.45, 2.75) is 11.8 Å². The molecule has 0 saturated heterocycles. The van der Waals surface area contributed by atoms with E-state index in [1.54, 1.807) is 0 Å². The molecule has 18 heavy (non-hydrogen) atoms. The summed E-state index contributed by atoms with van der Waals surface area (Å²) < 4.78 is 25.1. The molecule has 100 valence electrons. The van der Waals surface area contributed by atoms with Crippen LogP contribution in [0.5, 0.6) is 0 Å².